The second kappa shape index (κ2) is 9.64. The van der Waals surface area contributed by atoms with E-state index in [1.807, 2.05) is 63.2 Å². The van der Waals surface area contributed by atoms with Gasteiger partial charge in [-0.2, -0.15) is 0 Å². The third-order valence-corrected chi connectivity index (χ3v) is 8.77. The number of methoxy groups -OCH3 is 1. The molecule has 0 amide bonds. The SMILES string of the molecule is COc1cccc2c1[C@H](O)[C@]1(O)CC(O)C(C)=C([C@@H](Sc3ccccc3)[C@@H]2OCCO)C1(C)C. The molecule has 2 aromatic rings. The first kappa shape index (κ1) is 25.2. The zero-order valence-electron chi connectivity index (χ0n) is 20.1. The fraction of sp³-hybridized carbons (Fsp3) is 0.481. The monoisotopic (exact) mass is 486 g/mol. The van der Waals surface area contributed by atoms with E-state index in [0.717, 1.165) is 16.0 Å². The number of thioether (sulfide) groups is 1. The Kier molecular flexibility index (Phi) is 7.16. The van der Waals surface area contributed by atoms with Crippen molar-refractivity contribution in [3.05, 3.63) is 70.8 Å². The van der Waals surface area contributed by atoms with Crippen LogP contribution in [0.15, 0.2) is 64.6 Å². The molecule has 34 heavy (non-hydrogen) atoms. The molecule has 2 aromatic carbocycles. The van der Waals surface area contributed by atoms with Crippen LogP contribution in [-0.2, 0) is 4.74 Å². The van der Waals surface area contributed by atoms with Gasteiger partial charge in [0.2, 0.25) is 0 Å². The fourth-order valence-electron chi connectivity index (χ4n) is 5.60. The van der Waals surface area contributed by atoms with E-state index in [9.17, 15) is 20.4 Å². The lowest BCUT2D eigenvalue weighted by Crippen LogP contribution is -2.58. The molecule has 6 nitrogen and oxygen atoms in total. The number of rotatable bonds is 6. The summed E-state index contributed by atoms with van der Waals surface area (Å²) in [7, 11) is 1.53. The summed E-state index contributed by atoms with van der Waals surface area (Å²) < 4.78 is 11.9. The quantitative estimate of drug-likeness (QED) is 0.461. The van der Waals surface area contributed by atoms with Gasteiger partial charge >= 0.3 is 0 Å². The van der Waals surface area contributed by atoms with Crippen LogP contribution in [0.4, 0.5) is 0 Å². The molecule has 2 aliphatic carbocycles. The summed E-state index contributed by atoms with van der Waals surface area (Å²) in [6.07, 6.45) is -2.82. The van der Waals surface area contributed by atoms with Crippen molar-refractivity contribution in [3.63, 3.8) is 0 Å². The summed E-state index contributed by atoms with van der Waals surface area (Å²) in [5, 5.41) is 44.2. The lowest BCUT2D eigenvalue weighted by Gasteiger charge is -2.56. The topological polar surface area (TPSA) is 99.4 Å². The molecule has 0 spiro atoms. The van der Waals surface area contributed by atoms with E-state index in [1.54, 1.807) is 17.8 Å². The Morgan fingerprint density at radius 1 is 1.06 bits per heavy atom. The van der Waals surface area contributed by atoms with Crippen LogP contribution in [0.5, 0.6) is 5.75 Å². The van der Waals surface area contributed by atoms with Gasteiger partial charge in [-0.1, -0.05) is 44.2 Å². The lowest BCUT2D eigenvalue weighted by molar-refractivity contribution is -0.167. The van der Waals surface area contributed by atoms with Gasteiger partial charge in [0, 0.05) is 22.3 Å². The van der Waals surface area contributed by atoms with Crippen molar-refractivity contribution in [2.75, 3.05) is 20.3 Å². The summed E-state index contributed by atoms with van der Waals surface area (Å²) in [5.74, 6) is 0.444. The van der Waals surface area contributed by atoms with Crippen LogP contribution in [0.1, 0.15) is 50.5 Å². The van der Waals surface area contributed by atoms with Crippen molar-refractivity contribution in [2.45, 2.75) is 61.3 Å². The number of aliphatic hydroxyl groups excluding tert-OH is 3. The van der Waals surface area contributed by atoms with E-state index in [0.29, 0.717) is 16.9 Å². The van der Waals surface area contributed by atoms with E-state index in [-0.39, 0.29) is 24.9 Å². The average Bonchev–Trinajstić information content (AvgIpc) is 2.82. The van der Waals surface area contributed by atoms with E-state index in [4.69, 9.17) is 9.47 Å². The Balaban J connectivity index is 2.05. The molecule has 0 aliphatic heterocycles. The molecule has 0 saturated heterocycles. The van der Waals surface area contributed by atoms with Crippen LogP contribution in [0.25, 0.3) is 0 Å². The molecule has 5 atom stereocenters. The highest BCUT2D eigenvalue weighted by atomic mass is 32.2. The molecular weight excluding hydrogens is 452 g/mol. The minimum absolute atomic E-state index is 0.00112. The minimum atomic E-state index is -1.65. The van der Waals surface area contributed by atoms with Gasteiger partial charge in [0.25, 0.3) is 0 Å². The molecule has 0 fully saturated rings. The zero-order valence-corrected chi connectivity index (χ0v) is 20.9. The van der Waals surface area contributed by atoms with Crippen molar-refractivity contribution in [3.8, 4) is 5.75 Å². The molecule has 0 aromatic heterocycles. The summed E-state index contributed by atoms with van der Waals surface area (Å²) in [6, 6.07) is 15.4. The van der Waals surface area contributed by atoms with Crippen LogP contribution < -0.4 is 4.74 Å². The second-order valence-electron chi connectivity index (χ2n) is 9.60. The Hall–Kier alpha value is -1.87. The van der Waals surface area contributed by atoms with E-state index in [2.05, 4.69) is 0 Å². The first-order valence-electron chi connectivity index (χ1n) is 11.6. The average molecular weight is 487 g/mol. The van der Waals surface area contributed by atoms with Crippen LogP contribution >= 0.6 is 11.8 Å². The summed E-state index contributed by atoms with van der Waals surface area (Å²) in [5.41, 5.74) is 0.221. The highest BCUT2D eigenvalue weighted by Gasteiger charge is 2.60. The number of hydrogen-bond acceptors (Lipinski definition) is 7. The standard InChI is InChI=1S/C27H34O6S/c1-16-19(29)15-27(31)25(30)21-18(11-8-12-20(21)32-4)23(33-14-13-28)24(22(16)26(27,2)3)34-17-9-6-5-7-10-17/h5-12,19,23-25,28-31H,13-15H2,1-4H3/t19?,23-,24-,25+,27-/m1/s1. The maximum Gasteiger partial charge on any atom is 0.125 e. The number of benzene rings is 2. The third-order valence-electron chi connectivity index (χ3n) is 7.49. The normalized spacial score (nSPS) is 30.4. The van der Waals surface area contributed by atoms with Gasteiger partial charge in [0.15, 0.2) is 0 Å². The molecular formula is C27H34O6S. The third kappa shape index (κ3) is 3.98. The highest BCUT2D eigenvalue weighted by Crippen LogP contribution is 2.61. The van der Waals surface area contributed by atoms with Crippen molar-refractivity contribution < 1.29 is 29.9 Å². The Labute approximate surface area is 205 Å². The van der Waals surface area contributed by atoms with E-state index in [1.165, 1.54) is 7.11 Å². The van der Waals surface area contributed by atoms with E-state index < -0.39 is 29.3 Å². The number of ether oxygens (including phenoxy) is 2. The van der Waals surface area contributed by atoms with Gasteiger partial charge < -0.3 is 29.9 Å². The Bertz CT molecular complexity index is 1050. The molecule has 2 aliphatic rings. The minimum Gasteiger partial charge on any atom is -0.496 e. The fourth-order valence-corrected chi connectivity index (χ4v) is 7.15. The number of hydrogen-bond donors (Lipinski definition) is 4. The van der Waals surface area contributed by atoms with Gasteiger partial charge in [-0.05, 0) is 41.8 Å². The summed E-state index contributed by atoms with van der Waals surface area (Å²) in [6.45, 7) is 5.67. The molecule has 2 bridgehead atoms. The van der Waals surface area contributed by atoms with E-state index >= 15 is 0 Å². The molecule has 4 rings (SSSR count). The molecule has 0 heterocycles. The van der Waals surface area contributed by atoms with Crippen molar-refractivity contribution in [1.29, 1.82) is 0 Å². The van der Waals surface area contributed by atoms with Crippen molar-refractivity contribution in [1.82, 2.24) is 0 Å². The largest absolute Gasteiger partial charge is 0.496 e. The summed E-state index contributed by atoms with van der Waals surface area (Å²) in [4.78, 5) is 1.01. The number of fused-ring (bicyclic) bond motifs is 3. The first-order chi connectivity index (χ1) is 16.2. The van der Waals surface area contributed by atoms with Gasteiger partial charge in [0.05, 0.1) is 37.8 Å². The predicted molar refractivity (Wildman–Crippen MR) is 132 cm³/mol. The van der Waals surface area contributed by atoms with Gasteiger partial charge in [-0.3, -0.25) is 0 Å². The maximum atomic E-state index is 12.1. The highest BCUT2D eigenvalue weighted by molar-refractivity contribution is 8.00. The maximum absolute atomic E-state index is 12.1. The Morgan fingerprint density at radius 3 is 2.41 bits per heavy atom. The lowest BCUT2D eigenvalue weighted by atomic mass is 9.56. The van der Waals surface area contributed by atoms with Gasteiger partial charge in [0.1, 0.15) is 17.5 Å². The van der Waals surface area contributed by atoms with Crippen LogP contribution in [0, 0.1) is 5.41 Å². The smallest absolute Gasteiger partial charge is 0.125 e. The first-order valence-corrected chi connectivity index (χ1v) is 12.5. The molecule has 0 radical (unpaired) electrons. The predicted octanol–water partition coefficient (Wildman–Crippen LogP) is 3.79. The second-order valence-corrected chi connectivity index (χ2v) is 10.8. The molecule has 7 heteroatoms. The molecule has 1 unspecified atom stereocenters. The van der Waals surface area contributed by atoms with Crippen LogP contribution in [-0.4, -0.2) is 57.7 Å². The zero-order chi connectivity index (χ0) is 24.7. The van der Waals surface area contributed by atoms with Gasteiger partial charge in [-0.25, -0.2) is 0 Å². The molecule has 4 N–H and O–H groups in total. The van der Waals surface area contributed by atoms with Crippen molar-refractivity contribution >= 4 is 11.8 Å². The molecule has 0 saturated carbocycles. The Morgan fingerprint density at radius 2 is 1.76 bits per heavy atom. The molecule has 184 valence electrons. The van der Waals surface area contributed by atoms with Gasteiger partial charge in [-0.15, -0.1) is 11.8 Å². The van der Waals surface area contributed by atoms with Crippen LogP contribution in [0.3, 0.4) is 0 Å². The number of aliphatic hydroxyl groups is 4. The van der Waals surface area contributed by atoms with Crippen molar-refractivity contribution in [2.24, 2.45) is 5.41 Å². The summed E-state index contributed by atoms with van der Waals surface area (Å²) >= 11 is 1.59. The van der Waals surface area contributed by atoms with Crippen LogP contribution in [0.2, 0.25) is 0 Å².